The monoisotopic (exact) mass is 294 g/mol. The molecule has 0 saturated heterocycles. The van der Waals surface area contributed by atoms with E-state index in [-0.39, 0.29) is 11.9 Å². The molecule has 0 aromatic carbocycles. The van der Waals surface area contributed by atoms with Gasteiger partial charge in [-0.25, -0.2) is 0 Å². The van der Waals surface area contributed by atoms with Crippen LogP contribution in [-0.4, -0.2) is 31.7 Å². The van der Waals surface area contributed by atoms with Crippen molar-refractivity contribution in [1.29, 1.82) is 0 Å². The van der Waals surface area contributed by atoms with E-state index in [2.05, 4.69) is 10.6 Å². The van der Waals surface area contributed by atoms with Crippen LogP contribution in [0.4, 0.5) is 0 Å². The van der Waals surface area contributed by atoms with E-state index >= 15 is 0 Å². The Balaban J connectivity index is 1.86. The van der Waals surface area contributed by atoms with Gasteiger partial charge in [0.15, 0.2) is 0 Å². The van der Waals surface area contributed by atoms with Crippen LogP contribution in [0, 0.1) is 6.92 Å². The summed E-state index contributed by atoms with van der Waals surface area (Å²) >= 11 is 0. The molecule has 1 aliphatic carbocycles. The lowest BCUT2D eigenvalue weighted by Crippen LogP contribution is -2.43. The lowest BCUT2D eigenvalue weighted by atomic mass is 9.90. The number of carbonyl (C=O) groups excluding carboxylic acids is 1. The minimum atomic E-state index is 0.0646. The molecule has 1 heterocycles. The van der Waals surface area contributed by atoms with Crippen molar-refractivity contribution < 1.29 is 13.9 Å². The van der Waals surface area contributed by atoms with Crippen molar-refractivity contribution in [2.24, 2.45) is 0 Å². The zero-order valence-corrected chi connectivity index (χ0v) is 13.1. The second-order valence-corrected chi connectivity index (χ2v) is 5.87. The highest BCUT2D eigenvalue weighted by Gasteiger charge is 2.25. The number of amides is 1. The van der Waals surface area contributed by atoms with Gasteiger partial charge in [-0.1, -0.05) is 0 Å². The van der Waals surface area contributed by atoms with Gasteiger partial charge in [0.05, 0.1) is 12.6 Å². The normalized spacial score (nSPS) is 23.8. The molecule has 2 rings (SSSR count). The first-order valence-electron chi connectivity index (χ1n) is 7.67. The van der Waals surface area contributed by atoms with Crippen LogP contribution < -0.4 is 10.6 Å². The van der Waals surface area contributed by atoms with Crippen molar-refractivity contribution in [3.8, 4) is 0 Å². The summed E-state index contributed by atoms with van der Waals surface area (Å²) in [5.74, 6) is 1.91. The maximum atomic E-state index is 11.1. The fourth-order valence-corrected chi connectivity index (χ4v) is 3.00. The smallest absolute Gasteiger partial charge is 0.217 e. The first kappa shape index (κ1) is 16.0. The van der Waals surface area contributed by atoms with Gasteiger partial charge in [-0.05, 0) is 44.7 Å². The Bertz CT molecular complexity index is 450. The third kappa shape index (κ3) is 4.86. The Morgan fingerprint density at radius 1 is 1.33 bits per heavy atom. The summed E-state index contributed by atoms with van der Waals surface area (Å²) in [5.41, 5.74) is 0. The van der Waals surface area contributed by atoms with Crippen LogP contribution in [0.25, 0.3) is 0 Å². The summed E-state index contributed by atoms with van der Waals surface area (Å²) in [5, 5.41) is 6.63. The molecule has 0 aliphatic heterocycles. The molecule has 2 N–H and O–H groups in total. The van der Waals surface area contributed by atoms with E-state index in [0.717, 1.165) is 37.2 Å². The number of hydrogen-bond donors (Lipinski definition) is 2. The average molecular weight is 294 g/mol. The number of aryl methyl sites for hydroxylation is 1. The Kier molecular flexibility index (Phi) is 5.82. The maximum Gasteiger partial charge on any atom is 0.217 e. The topological polar surface area (TPSA) is 63.5 Å². The van der Waals surface area contributed by atoms with Gasteiger partial charge in [0.2, 0.25) is 5.91 Å². The highest BCUT2D eigenvalue weighted by Crippen LogP contribution is 2.23. The van der Waals surface area contributed by atoms with Gasteiger partial charge >= 0.3 is 0 Å². The number of ether oxygens (including phenoxy) is 1. The van der Waals surface area contributed by atoms with Crippen molar-refractivity contribution >= 4 is 5.91 Å². The molecule has 0 spiro atoms. The van der Waals surface area contributed by atoms with Crippen LogP contribution in [0.5, 0.6) is 0 Å². The quantitative estimate of drug-likeness (QED) is 0.845. The zero-order chi connectivity index (χ0) is 15.2. The van der Waals surface area contributed by atoms with Crippen molar-refractivity contribution in [2.75, 3.05) is 13.7 Å². The van der Waals surface area contributed by atoms with E-state index in [1.807, 2.05) is 19.1 Å². The Labute approximate surface area is 126 Å². The average Bonchev–Trinajstić information content (AvgIpc) is 2.86. The maximum absolute atomic E-state index is 11.1. The molecule has 1 aromatic heterocycles. The van der Waals surface area contributed by atoms with Crippen molar-refractivity contribution in [3.63, 3.8) is 0 Å². The van der Waals surface area contributed by atoms with Gasteiger partial charge in [-0.3, -0.25) is 4.79 Å². The van der Waals surface area contributed by atoms with E-state index in [9.17, 15) is 4.79 Å². The number of methoxy groups -OCH3 is 1. The van der Waals surface area contributed by atoms with E-state index in [4.69, 9.17) is 9.15 Å². The van der Waals surface area contributed by atoms with Crippen molar-refractivity contribution in [2.45, 2.75) is 57.7 Å². The number of rotatable bonds is 6. The summed E-state index contributed by atoms with van der Waals surface area (Å²) in [6, 6.07) is 4.85. The molecule has 1 saturated carbocycles. The second kappa shape index (κ2) is 7.61. The largest absolute Gasteiger partial charge is 0.465 e. The fraction of sp³-hybridized carbons (Fsp3) is 0.688. The van der Waals surface area contributed by atoms with E-state index in [1.54, 1.807) is 14.0 Å². The molecule has 1 fully saturated rings. The fourth-order valence-electron chi connectivity index (χ4n) is 3.00. The van der Waals surface area contributed by atoms with E-state index < -0.39 is 0 Å². The third-order valence-electron chi connectivity index (χ3n) is 4.01. The molecule has 0 unspecified atom stereocenters. The predicted octanol–water partition coefficient (Wildman–Crippen LogP) is 2.31. The summed E-state index contributed by atoms with van der Waals surface area (Å²) in [6.45, 7) is 4.13. The molecule has 0 radical (unpaired) electrons. The van der Waals surface area contributed by atoms with Crippen LogP contribution in [-0.2, 0) is 9.53 Å². The highest BCUT2D eigenvalue weighted by molar-refractivity contribution is 5.73. The first-order chi connectivity index (χ1) is 10.1. The Morgan fingerprint density at radius 3 is 2.52 bits per heavy atom. The van der Waals surface area contributed by atoms with Gasteiger partial charge < -0.3 is 19.8 Å². The Morgan fingerprint density at radius 2 is 2.00 bits per heavy atom. The molecule has 5 heteroatoms. The van der Waals surface area contributed by atoms with Gasteiger partial charge in [0, 0.05) is 26.1 Å². The van der Waals surface area contributed by atoms with Crippen LogP contribution >= 0.6 is 0 Å². The first-order valence-corrected chi connectivity index (χ1v) is 7.67. The molecule has 1 aromatic rings. The van der Waals surface area contributed by atoms with Gasteiger partial charge in [-0.2, -0.15) is 0 Å². The van der Waals surface area contributed by atoms with E-state index in [1.165, 1.54) is 0 Å². The number of hydrogen-bond acceptors (Lipinski definition) is 4. The van der Waals surface area contributed by atoms with Crippen LogP contribution in [0.2, 0.25) is 0 Å². The minimum absolute atomic E-state index is 0.0646. The molecular weight excluding hydrogens is 268 g/mol. The lowest BCUT2D eigenvalue weighted by Gasteiger charge is -2.31. The van der Waals surface area contributed by atoms with Crippen LogP contribution in [0.3, 0.4) is 0 Å². The molecule has 1 atom stereocenters. The van der Waals surface area contributed by atoms with Crippen molar-refractivity contribution in [1.82, 2.24) is 10.6 Å². The summed E-state index contributed by atoms with van der Waals surface area (Å²) < 4.78 is 11.0. The number of carbonyl (C=O) groups is 1. The van der Waals surface area contributed by atoms with Crippen LogP contribution in [0.1, 0.15) is 50.2 Å². The molecule has 21 heavy (non-hydrogen) atoms. The van der Waals surface area contributed by atoms with Crippen LogP contribution in [0.15, 0.2) is 16.5 Å². The summed E-state index contributed by atoms with van der Waals surface area (Å²) in [6.07, 6.45) is 4.16. The lowest BCUT2D eigenvalue weighted by molar-refractivity contribution is -0.119. The van der Waals surface area contributed by atoms with Crippen molar-refractivity contribution in [3.05, 3.63) is 23.7 Å². The zero-order valence-electron chi connectivity index (χ0n) is 13.1. The van der Waals surface area contributed by atoms with Gasteiger partial charge in [0.25, 0.3) is 0 Å². The predicted molar refractivity (Wildman–Crippen MR) is 81.1 cm³/mol. The van der Waals surface area contributed by atoms with Gasteiger partial charge in [-0.15, -0.1) is 0 Å². The molecule has 1 amide bonds. The van der Waals surface area contributed by atoms with E-state index in [0.29, 0.717) is 18.7 Å². The van der Waals surface area contributed by atoms with Gasteiger partial charge in [0.1, 0.15) is 11.5 Å². The molecule has 118 valence electrons. The SMILES string of the molecule is COC[C@H](NC1CCC(NC(C)=O)CC1)c1ccc(C)o1. The standard InChI is InChI=1S/C16H26N2O3/c1-11-4-9-16(21-11)15(10-20-3)18-14-7-5-13(6-8-14)17-12(2)19/h4,9,13-15,18H,5-8,10H2,1-3H3,(H,17,19)/t13?,14?,15-/m0/s1. The number of furan rings is 1. The summed E-state index contributed by atoms with van der Waals surface area (Å²) in [7, 11) is 1.71. The molecule has 0 bridgehead atoms. The molecular formula is C16H26N2O3. The summed E-state index contributed by atoms with van der Waals surface area (Å²) in [4.78, 5) is 11.1. The molecule has 1 aliphatic rings. The highest BCUT2D eigenvalue weighted by atomic mass is 16.5. The number of nitrogens with one attached hydrogen (secondary N) is 2. The molecule has 5 nitrogen and oxygen atoms in total. The second-order valence-electron chi connectivity index (χ2n) is 5.87. The minimum Gasteiger partial charge on any atom is -0.465 e. The third-order valence-corrected chi connectivity index (χ3v) is 4.01. The Hall–Kier alpha value is -1.33.